The van der Waals surface area contributed by atoms with Crippen LogP contribution in [0, 0.1) is 0 Å². The Morgan fingerprint density at radius 3 is 2.02 bits per heavy atom. The van der Waals surface area contributed by atoms with Crippen molar-refractivity contribution in [3.63, 3.8) is 0 Å². The van der Waals surface area contributed by atoms with Gasteiger partial charge in [-0.3, -0.25) is 4.57 Å². The van der Waals surface area contributed by atoms with Gasteiger partial charge in [0.2, 0.25) is 5.95 Å². The lowest BCUT2D eigenvalue weighted by molar-refractivity contribution is 0.669. The predicted molar refractivity (Wildman–Crippen MR) is 236 cm³/mol. The number of hydrogen-bond acceptors (Lipinski definition) is 5. The summed E-state index contributed by atoms with van der Waals surface area (Å²) >= 11 is 0.948. The summed E-state index contributed by atoms with van der Waals surface area (Å²) in [7, 11) is 0. The zero-order valence-electron chi connectivity index (χ0n) is 39.7. The highest BCUT2D eigenvalue weighted by atomic mass is 32.1. The molecule has 4 aromatic heterocycles. The van der Waals surface area contributed by atoms with Gasteiger partial charge in [-0.1, -0.05) is 139 Å². The monoisotopic (exact) mass is 756 g/mol. The van der Waals surface area contributed by atoms with E-state index >= 15 is 0 Å². The molecule has 12 aromatic rings. The minimum atomic E-state index is -0.553. The summed E-state index contributed by atoms with van der Waals surface area (Å²) in [5.74, 6) is 0.300. The van der Waals surface area contributed by atoms with Gasteiger partial charge in [0.1, 0.15) is 11.2 Å². The molecule has 0 N–H and O–H groups in total. The number of benzene rings is 8. The molecule has 0 aliphatic carbocycles. The minimum absolute atomic E-state index is 0.0147. The number of para-hydroxylation sites is 1. The molecule has 266 valence electrons. The molecule has 0 spiro atoms. The molecule has 0 bridgehead atoms. The summed E-state index contributed by atoms with van der Waals surface area (Å²) in [6, 6.07) is 34.8. The van der Waals surface area contributed by atoms with Gasteiger partial charge in [-0.25, -0.2) is 4.98 Å². The van der Waals surface area contributed by atoms with Crippen LogP contribution in [0.2, 0.25) is 0 Å². The number of fused-ring (bicyclic) bond motifs is 10. The third-order valence-corrected chi connectivity index (χ3v) is 11.4. The topological polar surface area (TPSA) is 56.7 Å². The van der Waals surface area contributed by atoms with Crippen LogP contribution in [0.1, 0.15) is 13.7 Å². The van der Waals surface area contributed by atoms with Crippen molar-refractivity contribution < 1.29 is 18.1 Å². The largest absolute Gasteiger partial charge is 0.456 e. The van der Waals surface area contributed by atoms with Gasteiger partial charge in [0.15, 0.2) is 11.6 Å². The Morgan fingerprint density at radius 1 is 0.474 bits per heavy atom. The van der Waals surface area contributed by atoms with E-state index in [-0.39, 0.29) is 83.7 Å². The van der Waals surface area contributed by atoms with Crippen LogP contribution in [-0.4, -0.2) is 19.5 Å². The zero-order chi connectivity index (χ0) is 46.2. The number of furan rings is 1. The lowest BCUT2D eigenvalue weighted by Gasteiger charge is -2.12. The lowest BCUT2D eigenvalue weighted by atomic mass is 9.99. The molecule has 6 heteroatoms. The van der Waals surface area contributed by atoms with Crippen molar-refractivity contribution in [2.24, 2.45) is 0 Å². The Hall–Kier alpha value is -7.41. The van der Waals surface area contributed by atoms with E-state index in [1.54, 1.807) is 0 Å². The van der Waals surface area contributed by atoms with Crippen LogP contribution in [0.4, 0.5) is 0 Å². The molecule has 4 heterocycles. The van der Waals surface area contributed by atoms with Crippen molar-refractivity contribution in [3.8, 4) is 51.0 Å². The third-order valence-electron chi connectivity index (χ3n) is 10.4. The summed E-state index contributed by atoms with van der Waals surface area (Å²) in [6.07, 6.45) is 0. The van der Waals surface area contributed by atoms with E-state index in [2.05, 4.69) is 6.07 Å². The lowest BCUT2D eigenvalue weighted by Crippen LogP contribution is -2.06. The Balaban J connectivity index is 1.22. The number of aromatic nitrogens is 4. The molecule has 0 atom stereocenters. The van der Waals surface area contributed by atoms with Gasteiger partial charge in [0, 0.05) is 52.8 Å². The molecule has 5 nitrogen and oxygen atoms in total. The molecule has 0 amide bonds. The summed E-state index contributed by atoms with van der Waals surface area (Å²) in [5, 5.41) is 1.98. The fraction of sp³-hybridized carbons (Fsp3) is 0. The second kappa shape index (κ2) is 12.6. The van der Waals surface area contributed by atoms with Crippen molar-refractivity contribution >= 4 is 75.3 Å². The van der Waals surface area contributed by atoms with Gasteiger partial charge < -0.3 is 4.42 Å². The van der Waals surface area contributed by atoms with Crippen molar-refractivity contribution in [3.05, 3.63) is 182 Å². The summed E-state index contributed by atoms with van der Waals surface area (Å²) in [4.78, 5) is 15.2. The fourth-order valence-electron chi connectivity index (χ4n) is 7.82. The van der Waals surface area contributed by atoms with Crippen LogP contribution in [0.15, 0.2) is 186 Å². The number of nitrogens with zero attached hydrogens (tertiary/aromatic N) is 4. The van der Waals surface area contributed by atoms with Gasteiger partial charge in [0.05, 0.1) is 24.7 Å². The average molecular weight is 757 g/mol. The molecule has 0 saturated heterocycles. The van der Waals surface area contributed by atoms with Crippen molar-refractivity contribution in [1.82, 2.24) is 19.5 Å². The fourth-order valence-corrected chi connectivity index (χ4v) is 8.79. The average Bonchev–Trinajstić information content (AvgIpc) is 4.06. The van der Waals surface area contributed by atoms with Crippen LogP contribution in [0.3, 0.4) is 0 Å². The third kappa shape index (κ3) is 5.04. The molecule has 57 heavy (non-hydrogen) atoms. The molecule has 0 saturated carbocycles. The van der Waals surface area contributed by atoms with E-state index in [4.69, 9.17) is 27.6 Å². The van der Waals surface area contributed by atoms with E-state index < -0.39 is 36.3 Å². The molecule has 0 aliphatic heterocycles. The molecule has 0 fully saturated rings. The van der Waals surface area contributed by atoms with E-state index in [1.807, 2.05) is 115 Å². The number of rotatable bonds is 5. The first-order valence-corrected chi connectivity index (χ1v) is 19.0. The van der Waals surface area contributed by atoms with Gasteiger partial charge >= 0.3 is 0 Å². The standard InChI is InChI=1S/C51H30N4OS/c1-3-13-31(14-4-1)33-17-11-18-34(29-33)49-52-50(35-25-26-39-43(30-35)56-42-23-12-21-36(46(39)42)32-15-5-2-6-16-32)54-51(53-49)55-41-22-9-7-19-37(41)38-27-28-45-47(48(38)55)40-20-8-10-24-44(40)57-45/h1-30H/i7D,8D,9D,10D,19D,20D,22D,24D,27D,28D. The molecular formula is C51H30N4OS. The minimum Gasteiger partial charge on any atom is -0.456 e. The highest BCUT2D eigenvalue weighted by molar-refractivity contribution is 7.26. The normalized spacial score (nSPS) is 14.3. The second-order valence-corrected chi connectivity index (χ2v) is 14.7. The molecule has 0 unspecified atom stereocenters. The number of hydrogen-bond donors (Lipinski definition) is 0. The SMILES string of the molecule is [2H]c1c([2H])c([2H])c2c(sc3c([2H])c([2H])c4c5c([2H])c([2H])c([2H])c([2H])c5n(-c5nc(-c6cccc(-c7ccccc7)c6)nc(-c6ccc7c(c6)oc6cccc(-c8ccccc8)c67)n5)c4c32)c1[2H]. The van der Waals surface area contributed by atoms with Crippen LogP contribution >= 0.6 is 11.3 Å². The molecule has 8 aromatic carbocycles. The number of thiophene rings is 1. The molecule has 0 radical (unpaired) electrons. The van der Waals surface area contributed by atoms with Crippen molar-refractivity contribution in [2.45, 2.75) is 0 Å². The Kier molecular flexibility index (Phi) is 5.18. The zero-order valence-corrected chi connectivity index (χ0v) is 30.5. The van der Waals surface area contributed by atoms with Crippen molar-refractivity contribution in [2.75, 3.05) is 0 Å². The highest BCUT2D eigenvalue weighted by Crippen LogP contribution is 2.43. The van der Waals surface area contributed by atoms with Crippen molar-refractivity contribution in [1.29, 1.82) is 0 Å². The second-order valence-electron chi connectivity index (χ2n) is 13.6. The van der Waals surface area contributed by atoms with E-state index in [0.717, 1.165) is 44.4 Å². The highest BCUT2D eigenvalue weighted by Gasteiger charge is 2.22. The van der Waals surface area contributed by atoms with Crippen LogP contribution in [-0.2, 0) is 0 Å². The quantitative estimate of drug-likeness (QED) is 0.175. The van der Waals surface area contributed by atoms with Gasteiger partial charge in [-0.15, -0.1) is 11.3 Å². The van der Waals surface area contributed by atoms with Crippen LogP contribution in [0.25, 0.3) is 115 Å². The molecule has 12 rings (SSSR count). The Morgan fingerprint density at radius 2 is 1.18 bits per heavy atom. The summed E-state index contributed by atoms with van der Waals surface area (Å²) in [6.45, 7) is 0. The first-order chi connectivity index (χ1) is 32.4. The van der Waals surface area contributed by atoms with E-state index in [9.17, 15) is 5.48 Å². The Bertz CT molecular complexity index is 4120. The Labute approximate surface area is 344 Å². The maximum Gasteiger partial charge on any atom is 0.238 e. The first kappa shape index (κ1) is 23.5. The van der Waals surface area contributed by atoms with Crippen LogP contribution in [0.5, 0.6) is 0 Å². The first-order valence-electron chi connectivity index (χ1n) is 23.2. The predicted octanol–water partition coefficient (Wildman–Crippen LogP) is 13.9. The smallest absolute Gasteiger partial charge is 0.238 e. The van der Waals surface area contributed by atoms with E-state index in [1.165, 1.54) is 4.57 Å². The van der Waals surface area contributed by atoms with Gasteiger partial charge in [0.25, 0.3) is 0 Å². The molecule has 0 aliphatic rings. The maximum absolute atomic E-state index is 9.46. The molecular weight excluding hydrogens is 717 g/mol. The maximum atomic E-state index is 9.46. The van der Waals surface area contributed by atoms with E-state index in [0.29, 0.717) is 22.3 Å². The summed E-state index contributed by atoms with van der Waals surface area (Å²) < 4.78 is 98.5. The van der Waals surface area contributed by atoms with Gasteiger partial charge in [-0.05, 0) is 64.6 Å². The summed E-state index contributed by atoms with van der Waals surface area (Å²) in [5.41, 5.74) is 6.28. The van der Waals surface area contributed by atoms with Gasteiger partial charge in [-0.2, -0.15) is 9.97 Å². The van der Waals surface area contributed by atoms with Crippen LogP contribution < -0.4 is 0 Å².